The first kappa shape index (κ1) is 28.1. The number of hydrogen-bond donors (Lipinski definition) is 2. The SMILES string of the molecule is CC(C)C(=N)N.CC(C)c1ncccn1.[CH2-]CCN=[C-]C(C)C.[Y]. The van der Waals surface area contributed by atoms with E-state index in [-0.39, 0.29) is 44.5 Å². The van der Waals surface area contributed by atoms with Crippen LogP contribution in [-0.4, -0.2) is 28.6 Å². The largest absolute Gasteiger partial charge is 0.505 e. The number of nitrogens with one attached hydrogen (secondary N) is 1. The number of aromatic nitrogens is 2. The summed E-state index contributed by atoms with van der Waals surface area (Å²) < 4.78 is 0. The quantitative estimate of drug-likeness (QED) is 0.439. The van der Waals surface area contributed by atoms with Gasteiger partial charge in [0, 0.05) is 56.9 Å². The van der Waals surface area contributed by atoms with Crippen LogP contribution in [0.5, 0.6) is 0 Å². The van der Waals surface area contributed by atoms with E-state index in [4.69, 9.17) is 11.1 Å². The van der Waals surface area contributed by atoms with E-state index in [1.807, 2.05) is 19.9 Å². The van der Waals surface area contributed by atoms with Crippen LogP contribution in [-0.2, 0) is 32.7 Å². The third-order valence-electron chi connectivity index (χ3n) is 2.34. The summed E-state index contributed by atoms with van der Waals surface area (Å²) in [5.74, 6) is 2.28. The number of hydrogen-bond acceptors (Lipinski definition) is 4. The van der Waals surface area contributed by atoms with Gasteiger partial charge in [0.15, 0.2) is 0 Å². The molecule has 24 heavy (non-hydrogen) atoms. The summed E-state index contributed by atoms with van der Waals surface area (Å²) in [6.45, 7) is 16.5. The maximum Gasteiger partial charge on any atom is 0.130 e. The molecule has 0 saturated heterocycles. The fourth-order valence-corrected chi connectivity index (χ4v) is 0.935. The van der Waals surface area contributed by atoms with Crippen LogP contribution in [0.1, 0.15) is 59.7 Å². The van der Waals surface area contributed by atoms with Crippen LogP contribution in [0.25, 0.3) is 0 Å². The van der Waals surface area contributed by atoms with E-state index in [9.17, 15) is 0 Å². The van der Waals surface area contributed by atoms with Crippen LogP contribution < -0.4 is 5.73 Å². The second-order valence-corrected chi connectivity index (χ2v) is 5.89. The van der Waals surface area contributed by atoms with Gasteiger partial charge in [-0.1, -0.05) is 41.5 Å². The van der Waals surface area contributed by atoms with E-state index in [0.29, 0.717) is 11.8 Å². The molecule has 0 amide bonds. The molecule has 1 radical (unpaired) electrons. The van der Waals surface area contributed by atoms with Gasteiger partial charge in [-0.25, -0.2) is 9.97 Å². The molecule has 135 valence electrons. The molecule has 1 aromatic heterocycles. The molecule has 5 nitrogen and oxygen atoms in total. The molecule has 3 N–H and O–H groups in total. The minimum Gasteiger partial charge on any atom is -0.505 e. The number of nitrogens with two attached hydrogens (primary N) is 1. The monoisotopic (exact) mass is 408 g/mol. The maximum absolute atomic E-state index is 6.73. The van der Waals surface area contributed by atoms with E-state index < -0.39 is 0 Å². The summed E-state index contributed by atoms with van der Waals surface area (Å²) in [5.41, 5.74) is 5.02. The molecule has 0 spiro atoms. The van der Waals surface area contributed by atoms with Crippen molar-refractivity contribution >= 4 is 12.1 Å². The van der Waals surface area contributed by atoms with Crippen LogP contribution in [0.3, 0.4) is 0 Å². The Labute approximate surface area is 173 Å². The Morgan fingerprint density at radius 3 is 1.92 bits per heavy atom. The second kappa shape index (κ2) is 18.7. The summed E-state index contributed by atoms with van der Waals surface area (Å²) in [6, 6.07) is 1.83. The second-order valence-electron chi connectivity index (χ2n) is 5.89. The first-order valence-corrected chi connectivity index (χ1v) is 8.04. The average molecular weight is 408 g/mol. The van der Waals surface area contributed by atoms with Crippen LogP contribution in [0.4, 0.5) is 0 Å². The number of aliphatic imine (C=N–C) groups is 1. The molecule has 0 atom stereocenters. The molecule has 0 fully saturated rings. The molecule has 0 aliphatic carbocycles. The summed E-state index contributed by atoms with van der Waals surface area (Å²) >= 11 is 0. The smallest absolute Gasteiger partial charge is 0.130 e. The molecule has 0 bridgehead atoms. The maximum atomic E-state index is 6.73. The van der Waals surface area contributed by atoms with Gasteiger partial charge >= 0.3 is 0 Å². The van der Waals surface area contributed by atoms with Gasteiger partial charge in [-0.3, -0.25) is 5.41 Å². The van der Waals surface area contributed by atoms with Crippen LogP contribution in [0, 0.1) is 24.2 Å². The van der Waals surface area contributed by atoms with Crippen molar-refractivity contribution in [3.05, 3.63) is 31.2 Å². The Kier molecular flexibility index (Phi) is 21.9. The van der Waals surface area contributed by atoms with Gasteiger partial charge in [0.2, 0.25) is 0 Å². The first-order valence-electron chi connectivity index (χ1n) is 8.04. The third kappa shape index (κ3) is 21.3. The molecule has 1 rings (SSSR count). The standard InChI is InChI=1S/C7H10N2.C7H13N.C4H10N2.Y/c1-6(2)7-8-4-3-5-9-7;1-4-5-8-6-7(2)3;1-3(2)4(5)6;/h3-6H,1-2H3;7H,1,4-5H2,2-3H3;3H,1-2H3,(H3,5,6);/q;-2;;. The Bertz CT molecular complexity index is 417. The average Bonchev–Trinajstić information content (AvgIpc) is 2.49. The molecule has 0 aliphatic rings. The van der Waals surface area contributed by atoms with Crippen molar-refractivity contribution in [3.8, 4) is 0 Å². The number of nitrogens with zero attached hydrogens (tertiary/aromatic N) is 3. The molecule has 0 saturated carbocycles. The zero-order valence-electron chi connectivity index (χ0n) is 16.1. The Hall–Kier alpha value is -0.676. The molecule has 0 unspecified atom stereocenters. The van der Waals surface area contributed by atoms with Crippen molar-refractivity contribution in [2.45, 2.75) is 53.9 Å². The summed E-state index contributed by atoms with van der Waals surface area (Å²) in [6.07, 6.45) is 7.34. The minimum absolute atomic E-state index is 0. The molecule has 1 heterocycles. The summed E-state index contributed by atoms with van der Waals surface area (Å²) in [5, 5.41) is 6.73. The molecule has 0 aromatic carbocycles. The van der Waals surface area contributed by atoms with Crippen molar-refractivity contribution in [1.29, 1.82) is 5.41 Å². The van der Waals surface area contributed by atoms with Gasteiger partial charge in [-0.2, -0.15) is 12.3 Å². The molecular formula is C18H33N5Y-2. The fraction of sp³-hybridized carbons (Fsp3) is 0.611. The molecule has 0 aliphatic heterocycles. The van der Waals surface area contributed by atoms with E-state index >= 15 is 0 Å². The molecule has 6 heteroatoms. The van der Waals surface area contributed by atoms with Crippen molar-refractivity contribution in [2.24, 2.45) is 22.6 Å². The van der Waals surface area contributed by atoms with Crippen LogP contribution in [0.15, 0.2) is 23.5 Å². The fourth-order valence-electron chi connectivity index (χ4n) is 0.935. The molecular weight excluding hydrogens is 375 g/mol. The number of rotatable bonds is 5. The van der Waals surface area contributed by atoms with Crippen molar-refractivity contribution in [2.75, 3.05) is 6.54 Å². The van der Waals surface area contributed by atoms with Gasteiger partial charge in [0.1, 0.15) is 5.82 Å². The zero-order valence-corrected chi connectivity index (χ0v) is 18.9. The Balaban J connectivity index is -0.000000276. The van der Waals surface area contributed by atoms with Gasteiger partial charge in [0.25, 0.3) is 0 Å². The third-order valence-corrected chi connectivity index (χ3v) is 2.34. The predicted octanol–water partition coefficient (Wildman–Crippen LogP) is 3.99. The normalized spacial score (nSPS) is 9.92. The van der Waals surface area contributed by atoms with Gasteiger partial charge in [-0.05, 0) is 12.6 Å². The van der Waals surface area contributed by atoms with Crippen LogP contribution in [0.2, 0.25) is 0 Å². The number of amidine groups is 1. The van der Waals surface area contributed by atoms with E-state index in [0.717, 1.165) is 18.8 Å². The van der Waals surface area contributed by atoms with Crippen molar-refractivity contribution < 1.29 is 32.7 Å². The molecule has 1 aromatic rings. The Morgan fingerprint density at radius 1 is 1.21 bits per heavy atom. The van der Waals surface area contributed by atoms with E-state index in [1.165, 1.54) is 0 Å². The van der Waals surface area contributed by atoms with Crippen LogP contribution >= 0.6 is 0 Å². The van der Waals surface area contributed by atoms with Crippen molar-refractivity contribution in [1.82, 2.24) is 9.97 Å². The first-order chi connectivity index (χ1) is 10.7. The van der Waals surface area contributed by atoms with E-state index in [1.54, 1.807) is 12.4 Å². The Morgan fingerprint density at radius 2 is 1.67 bits per heavy atom. The van der Waals surface area contributed by atoms with Gasteiger partial charge in [-0.15, -0.1) is 0 Å². The van der Waals surface area contributed by atoms with Gasteiger partial charge in [0.05, 0.1) is 5.84 Å². The summed E-state index contributed by atoms with van der Waals surface area (Å²) in [7, 11) is 0. The zero-order chi connectivity index (χ0) is 18.3. The summed E-state index contributed by atoms with van der Waals surface area (Å²) in [4.78, 5) is 12.1. The van der Waals surface area contributed by atoms with Crippen molar-refractivity contribution in [3.63, 3.8) is 0 Å². The minimum atomic E-state index is 0. The van der Waals surface area contributed by atoms with Gasteiger partial charge < -0.3 is 23.9 Å². The van der Waals surface area contributed by atoms with E-state index in [2.05, 4.69) is 55.8 Å². The predicted molar refractivity (Wildman–Crippen MR) is 100.0 cm³/mol. The topological polar surface area (TPSA) is 88.0 Å².